The van der Waals surface area contributed by atoms with Crippen molar-refractivity contribution < 1.29 is 4.39 Å². The molecule has 1 aromatic rings. The predicted octanol–water partition coefficient (Wildman–Crippen LogP) is 0.220. The van der Waals surface area contributed by atoms with E-state index in [4.69, 9.17) is 5.73 Å². The summed E-state index contributed by atoms with van der Waals surface area (Å²) in [4.78, 5) is 0. The summed E-state index contributed by atoms with van der Waals surface area (Å²) in [5.41, 5.74) is 5.26. The molecule has 5 heteroatoms. The molecular weight excluding hydrogens is 135 g/mol. The first kappa shape index (κ1) is 6.98. The summed E-state index contributed by atoms with van der Waals surface area (Å²) in [6.45, 7) is 0.209. The fourth-order valence-electron chi connectivity index (χ4n) is 0.644. The predicted molar refractivity (Wildman–Crippen MR) is 35.0 cm³/mol. The van der Waals surface area contributed by atoms with Crippen LogP contribution in [0.2, 0.25) is 0 Å². The molecule has 0 saturated carbocycles. The molecule has 2 N–H and O–H groups in total. The standard InChI is InChI=1S/C5H9FN4/c6-2-1-3-10-4-5(7)8-9-10/h4H,1-3,7H2. The summed E-state index contributed by atoms with van der Waals surface area (Å²) in [6.07, 6.45) is 2.04. The zero-order valence-corrected chi connectivity index (χ0v) is 5.50. The summed E-state index contributed by atoms with van der Waals surface area (Å²) < 4.78 is 13.1. The van der Waals surface area contributed by atoms with Gasteiger partial charge in [-0.15, -0.1) is 5.10 Å². The number of aromatic nitrogens is 3. The first-order chi connectivity index (χ1) is 4.83. The molecule has 1 rings (SSSR count). The van der Waals surface area contributed by atoms with Crippen molar-refractivity contribution in [3.8, 4) is 0 Å². The van der Waals surface area contributed by atoms with Crippen LogP contribution in [0, 0.1) is 0 Å². The van der Waals surface area contributed by atoms with E-state index in [2.05, 4.69) is 10.3 Å². The lowest BCUT2D eigenvalue weighted by atomic mass is 10.5. The van der Waals surface area contributed by atoms with Crippen molar-refractivity contribution in [2.45, 2.75) is 13.0 Å². The number of rotatable bonds is 3. The lowest BCUT2D eigenvalue weighted by Crippen LogP contribution is -1.99. The lowest BCUT2D eigenvalue weighted by molar-refractivity contribution is 0.431. The van der Waals surface area contributed by atoms with Gasteiger partial charge in [0.2, 0.25) is 0 Å². The highest BCUT2D eigenvalue weighted by Crippen LogP contribution is 1.93. The van der Waals surface area contributed by atoms with Crippen molar-refractivity contribution in [1.82, 2.24) is 15.0 Å². The summed E-state index contributed by atoms with van der Waals surface area (Å²) >= 11 is 0. The number of nitrogens with zero attached hydrogens (tertiary/aromatic N) is 3. The van der Waals surface area contributed by atoms with Gasteiger partial charge in [0.05, 0.1) is 12.9 Å². The molecule has 0 aliphatic carbocycles. The Bertz CT molecular complexity index is 197. The van der Waals surface area contributed by atoms with Crippen molar-refractivity contribution in [1.29, 1.82) is 0 Å². The maximum atomic E-state index is 11.6. The van der Waals surface area contributed by atoms with E-state index in [0.717, 1.165) is 0 Å². The molecule has 0 spiro atoms. The first-order valence-electron chi connectivity index (χ1n) is 3.04. The lowest BCUT2D eigenvalue weighted by Gasteiger charge is -1.93. The topological polar surface area (TPSA) is 56.7 Å². The molecule has 1 aromatic heterocycles. The van der Waals surface area contributed by atoms with E-state index in [1.54, 1.807) is 6.20 Å². The number of halogens is 1. The van der Waals surface area contributed by atoms with E-state index >= 15 is 0 Å². The molecule has 0 aliphatic rings. The number of alkyl halides is 1. The molecule has 1 heterocycles. The van der Waals surface area contributed by atoms with Crippen LogP contribution in [0.3, 0.4) is 0 Å². The van der Waals surface area contributed by atoms with E-state index in [1.807, 2.05) is 0 Å². The van der Waals surface area contributed by atoms with Gasteiger partial charge in [0.25, 0.3) is 0 Å². The molecule has 10 heavy (non-hydrogen) atoms. The van der Waals surface area contributed by atoms with Crippen LogP contribution in [-0.4, -0.2) is 21.7 Å². The summed E-state index contributed by atoms with van der Waals surface area (Å²) in [5, 5.41) is 7.17. The van der Waals surface area contributed by atoms with Gasteiger partial charge in [-0.25, -0.2) is 0 Å². The second-order valence-corrected chi connectivity index (χ2v) is 1.95. The molecule has 0 bridgehead atoms. The third kappa shape index (κ3) is 1.68. The minimum Gasteiger partial charge on any atom is -0.381 e. The van der Waals surface area contributed by atoms with Gasteiger partial charge in [-0.3, -0.25) is 9.07 Å². The number of aryl methyl sites for hydroxylation is 1. The average molecular weight is 144 g/mol. The van der Waals surface area contributed by atoms with Crippen LogP contribution < -0.4 is 5.73 Å². The van der Waals surface area contributed by atoms with Crippen LogP contribution >= 0.6 is 0 Å². The summed E-state index contributed by atoms with van der Waals surface area (Å²) in [7, 11) is 0. The second kappa shape index (κ2) is 3.14. The van der Waals surface area contributed by atoms with Gasteiger partial charge in [-0.2, -0.15) is 0 Å². The Morgan fingerprint density at radius 2 is 2.50 bits per heavy atom. The maximum absolute atomic E-state index is 11.6. The fourth-order valence-corrected chi connectivity index (χ4v) is 0.644. The van der Waals surface area contributed by atoms with Crippen LogP contribution in [0.15, 0.2) is 6.20 Å². The Morgan fingerprint density at radius 3 is 3.00 bits per heavy atom. The highest BCUT2D eigenvalue weighted by molar-refractivity contribution is 5.19. The van der Waals surface area contributed by atoms with Crippen molar-refractivity contribution >= 4 is 5.82 Å². The molecular formula is C5H9FN4. The number of hydrogen-bond acceptors (Lipinski definition) is 3. The van der Waals surface area contributed by atoms with Gasteiger partial charge >= 0.3 is 0 Å². The third-order valence-corrected chi connectivity index (χ3v) is 1.08. The van der Waals surface area contributed by atoms with E-state index in [0.29, 0.717) is 18.8 Å². The number of nitrogen functional groups attached to an aromatic ring is 1. The van der Waals surface area contributed by atoms with Crippen LogP contribution in [0.25, 0.3) is 0 Å². The van der Waals surface area contributed by atoms with E-state index in [-0.39, 0.29) is 6.67 Å². The Kier molecular flexibility index (Phi) is 2.20. The number of hydrogen-bond donors (Lipinski definition) is 1. The molecule has 0 fully saturated rings. The van der Waals surface area contributed by atoms with Crippen LogP contribution in [0.5, 0.6) is 0 Å². The molecule has 0 radical (unpaired) electrons. The largest absolute Gasteiger partial charge is 0.381 e. The minimum absolute atomic E-state index is 0.334. The zero-order chi connectivity index (χ0) is 7.40. The Labute approximate surface area is 57.8 Å². The van der Waals surface area contributed by atoms with Crippen molar-refractivity contribution in [2.24, 2.45) is 0 Å². The highest BCUT2D eigenvalue weighted by Gasteiger charge is 1.93. The van der Waals surface area contributed by atoms with Gasteiger partial charge in [-0.1, -0.05) is 5.21 Å². The Balaban J connectivity index is 2.42. The summed E-state index contributed by atoms with van der Waals surface area (Å²) in [5.74, 6) is 0.374. The summed E-state index contributed by atoms with van der Waals surface area (Å²) in [6, 6.07) is 0. The first-order valence-corrected chi connectivity index (χ1v) is 3.04. The number of anilines is 1. The second-order valence-electron chi connectivity index (χ2n) is 1.95. The molecule has 4 nitrogen and oxygen atoms in total. The number of nitrogens with two attached hydrogens (primary N) is 1. The molecule has 0 aromatic carbocycles. The monoisotopic (exact) mass is 144 g/mol. The normalized spacial score (nSPS) is 10.1. The van der Waals surface area contributed by atoms with Crippen LogP contribution in [0.1, 0.15) is 6.42 Å². The molecule has 0 saturated heterocycles. The average Bonchev–Trinajstić information content (AvgIpc) is 2.31. The molecule has 0 amide bonds. The van der Waals surface area contributed by atoms with E-state index in [1.165, 1.54) is 4.68 Å². The molecule has 0 unspecified atom stereocenters. The Hall–Kier alpha value is -1.13. The maximum Gasteiger partial charge on any atom is 0.165 e. The van der Waals surface area contributed by atoms with Gasteiger partial charge in [0.1, 0.15) is 0 Å². The van der Waals surface area contributed by atoms with E-state index in [9.17, 15) is 4.39 Å². The smallest absolute Gasteiger partial charge is 0.165 e. The molecule has 56 valence electrons. The zero-order valence-electron chi connectivity index (χ0n) is 5.50. The van der Waals surface area contributed by atoms with Gasteiger partial charge in [0, 0.05) is 6.54 Å². The highest BCUT2D eigenvalue weighted by atomic mass is 19.1. The molecule has 0 aliphatic heterocycles. The van der Waals surface area contributed by atoms with Crippen molar-refractivity contribution in [3.05, 3.63) is 6.20 Å². The minimum atomic E-state index is -0.334. The van der Waals surface area contributed by atoms with Gasteiger partial charge in [-0.05, 0) is 6.42 Å². The third-order valence-electron chi connectivity index (χ3n) is 1.08. The fraction of sp³-hybridized carbons (Fsp3) is 0.600. The van der Waals surface area contributed by atoms with E-state index < -0.39 is 0 Å². The van der Waals surface area contributed by atoms with Crippen molar-refractivity contribution in [2.75, 3.05) is 12.4 Å². The van der Waals surface area contributed by atoms with Crippen LogP contribution in [0.4, 0.5) is 10.2 Å². The van der Waals surface area contributed by atoms with Crippen LogP contribution in [-0.2, 0) is 6.54 Å². The quantitative estimate of drug-likeness (QED) is 0.660. The Morgan fingerprint density at radius 1 is 1.70 bits per heavy atom. The van der Waals surface area contributed by atoms with Gasteiger partial charge < -0.3 is 5.73 Å². The SMILES string of the molecule is Nc1cn(CCCF)nn1. The molecule has 0 atom stereocenters. The van der Waals surface area contributed by atoms with Gasteiger partial charge in [0.15, 0.2) is 5.82 Å². The van der Waals surface area contributed by atoms with Crippen molar-refractivity contribution in [3.63, 3.8) is 0 Å².